The van der Waals surface area contributed by atoms with Gasteiger partial charge in [-0.2, -0.15) is 4.31 Å². The number of hydrogen-bond donors (Lipinski definition) is 0. The SMILES string of the molecule is COc1ccc(S(=O)(=O)N2CCN3c4ccccc4CC3C2)cc1. The zero-order chi connectivity index (χ0) is 16.7. The molecule has 2 aliphatic heterocycles. The van der Waals surface area contributed by atoms with Gasteiger partial charge in [-0.3, -0.25) is 0 Å². The van der Waals surface area contributed by atoms with Crippen LogP contribution in [-0.4, -0.2) is 45.5 Å². The van der Waals surface area contributed by atoms with E-state index in [2.05, 4.69) is 17.0 Å². The van der Waals surface area contributed by atoms with Gasteiger partial charge < -0.3 is 9.64 Å². The van der Waals surface area contributed by atoms with E-state index in [9.17, 15) is 8.42 Å². The highest BCUT2D eigenvalue weighted by Gasteiger charge is 2.38. The molecule has 0 spiro atoms. The van der Waals surface area contributed by atoms with E-state index >= 15 is 0 Å². The Balaban J connectivity index is 1.56. The molecule has 24 heavy (non-hydrogen) atoms. The molecule has 0 saturated carbocycles. The molecule has 2 aromatic rings. The van der Waals surface area contributed by atoms with Gasteiger partial charge in [0.1, 0.15) is 5.75 Å². The molecule has 2 heterocycles. The van der Waals surface area contributed by atoms with Crippen molar-refractivity contribution in [3.63, 3.8) is 0 Å². The molecule has 0 amide bonds. The number of sulfonamides is 1. The van der Waals surface area contributed by atoms with Gasteiger partial charge in [-0.25, -0.2) is 8.42 Å². The minimum atomic E-state index is -3.46. The molecule has 0 bridgehead atoms. The van der Waals surface area contributed by atoms with Gasteiger partial charge in [0.05, 0.1) is 12.0 Å². The molecule has 1 fully saturated rings. The summed E-state index contributed by atoms with van der Waals surface area (Å²) in [5, 5.41) is 0. The topological polar surface area (TPSA) is 49.9 Å². The highest BCUT2D eigenvalue weighted by molar-refractivity contribution is 7.89. The lowest BCUT2D eigenvalue weighted by Crippen LogP contribution is -2.53. The molecule has 1 saturated heterocycles. The highest BCUT2D eigenvalue weighted by Crippen LogP contribution is 2.35. The number of anilines is 1. The number of rotatable bonds is 3. The van der Waals surface area contributed by atoms with Crippen molar-refractivity contribution in [2.24, 2.45) is 0 Å². The standard InChI is InChI=1S/C18H20N2O3S/c1-23-16-6-8-17(9-7-16)24(21,22)19-10-11-20-15(13-19)12-14-4-2-3-5-18(14)20/h2-9,15H,10-13H2,1H3. The van der Waals surface area contributed by atoms with Crippen LogP contribution in [0.15, 0.2) is 53.4 Å². The Morgan fingerprint density at radius 3 is 2.54 bits per heavy atom. The second kappa shape index (κ2) is 5.79. The lowest BCUT2D eigenvalue weighted by Gasteiger charge is -2.38. The van der Waals surface area contributed by atoms with Crippen LogP contribution in [0.1, 0.15) is 5.56 Å². The minimum Gasteiger partial charge on any atom is -0.497 e. The van der Waals surface area contributed by atoms with E-state index in [-0.39, 0.29) is 6.04 Å². The summed E-state index contributed by atoms with van der Waals surface area (Å²) < 4.78 is 32.5. The van der Waals surface area contributed by atoms with E-state index < -0.39 is 10.0 Å². The summed E-state index contributed by atoms with van der Waals surface area (Å²) in [6, 6.07) is 15.2. The summed E-state index contributed by atoms with van der Waals surface area (Å²) in [4.78, 5) is 2.67. The molecule has 1 unspecified atom stereocenters. The van der Waals surface area contributed by atoms with Gasteiger partial charge in [-0.15, -0.1) is 0 Å². The molecule has 126 valence electrons. The van der Waals surface area contributed by atoms with Crippen LogP contribution in [-0.2, 0) is 16.4 Å². The Bertz CT molecular complexity index is 849. The van der Waals surface area contributed by atoms with Crippen molar-refractivity contribution in [3.8, 4) is 5.75 Å². The van der Waals surface area contributed by atoms with Gasteiger partial charge in [-0.1, -0.05) is 18.2 Å². The number of ether oxygens (including phenoxy) is 1. The van der Waals surface area contributed by atoms with E-state index in [1.807, 2.05) is 12.1 Å². The summed E-state index contributed by atoms with van der Waals surface area (Å²) in [7, 11) is -1.89. The summed E-state index contributed by atoms with van der Waals surface area (Å²) in [6.45, 7) is 1.78. The fourth-order valence-electron chi connectivity index (χ4n) is 3.65. The first-order chi connectivity index (χ1) is 11.6. The maximum absolute atomic E-state index is 12.9. The summed E-state index contributed by atoms with van der Waals surface area (Å²) in [5.41, 5.74) is 2.56. The van der Waals surface area contributed by atoms with Crippen molar-refractivity contribution in [2.75, 3.05) is 31.6 Å². The van der Waals surface area contributed by atoms with Crippen LogP contribution in [0, 0.1) is 0 Å². The number of methoxy groups -OCH3 is 1. The Kier molecular flexibility index (Phi) is 3.73. The van der Waals surface area contributed by atoms with E-state index in [0.29, 0.717) is 23.7 Å². The maximum Gasteiger partial charge on any atom is 0.243 e. The maximum atomic E-state index is 12.9. The molecule has 5 nitrogen and oxygen atoms in total. The predicted octanol–water partition coefficient (Wildman–Crippen LogP) is 2.13. The van der Waals surface area contributed by atoms with Crippen LogP contribution in [0.25, 0.3) is 0 Å². The fraction of sp³-hybridized carbons (Fsp3) is 0.333. The van der Waals surface area contributed by atoms with E-state index in [4.69, 9.17) is 4.74 Å². The van der Waals surface area contributed by atoms with Crippen molar-refractivity contribution in [1.29, 1.82) is 0 Å². The van der Waals surface area contributed by atoms with Crippen molar-refractivity contribution >= 4 is 15.7 Å². The van der Waals surface area contributed by atoms with Crippen LogP contribution in [0.3, 0.4) is 0 Å². The van der Waals surface area contributed by atoms with Crippen LogP contribution >= 0.6 is 0 Å². The highest BCUT2D eigenvalue weighted by atomic mass is 32.2. The molecule has 4 rings (SSSR count). The molecular weight excluding hydrogens is 324 g/mol. The Hall–Kier alpha value is -2.05. The summed E-state index contributed by atoms with van der Waals surface area (Å²) in [5.74, 6) is 0.657. The summed E-state index contributed by atoms with van der Waals surface area (Å²) in [6.07, 6.45) is 0.908. The van der Waals surface area contributed by atoms with Crippen molar-refractivity contribution in [3.05, 3.63) is 54.1 Å². The average molecular weight is 344 g/mol. The van der Waals surface area contributed by atoms with Gasteiger partial charge in [0.15, 0.2) is 0 Å². The molecule has 2 aromatic carbocycles. The molecule has 0 radical (unpaired) electrons. The number of nitrogens with zero attached hydrogens (tertiary/aromatic N) is 2. The van der Waals surface area contributed by atoms with Crippen molar-refractivity contribution < 1.29 is 13.2 Å². The van der Waals surface area contributed by atoms with Gasteiger partial charge in [0.25, 0.3) is 0 Å². The molecule has 0 aliphatic carbocycles. The normalized spacial score (nSPS) is 20.5. The smallest absolute Gasteiger partial charge is 0.243 e. The summed E-state index contributed by atoms with van der Waals surface area (Å²) >= 11 is 0. The van der Waals surface area contributed by atoms with Crippen LogP contribution < -0.4 is 9.64 Å². The zero-order valence-corrected chi connectivity index (χ0v) is 14.4. The third kappa shape index (κ3) is 2.46. The van der Waals surface area contributed by atoms with Gasteiger partial charge in [-0.05, 0) is 42.3 Å². The molecule has 1 atom stereocenters. The first-order valence-corrected chi connectivity index (χ1v) is 9.52. The van der Waals surface area contributed by atoms with E-state index in [1.54, 1.807) is 35.7 Å². The first kappa shape index (κ1) is 15.5. The molecule has 2 aliphatic rings. The number of para-hydroxylation sites is 1. The minimum absolute atomic E-state index is 0.226. The lowest BCUT2D eigenvalue weighted by atomic mass is 10.1. The van der Waals surface area contributed by atoms with E-state index in [1.165, 1.54) is 11.3 Å². The third-order valence-corrected chi connectivity index (χ3v) is 6.78. The average Bonchev–Trinajstić information content (AvgIpc) is 2.99. The first-order valence-electron chi connectivity index (χ1n) is 8.08. The van der Waals surface area contributed by atoms with Crippen LogP contribution in [0.4, 0.5) is 5.69 Å². The van der Waals surface area contributed by atoms with E-state index in [0.717, 1.165) is 13.0 Å². The van der Waals surface area contributed by atoms with Crippen molar-refractivity contribution in [1.82, 2.24) is 4.31 Å². The quantitative estimate of drug-likeness (QED) is 0.856. The largest absolute Gasteiger partial charge is 0.497 e. The zero-order valence-electron chi connectivity index (χ0n) is 13.6. The van der Waals surface area contributed by atoms with Crippen LogP contribution in [0.5, 0.6) is 5.75 Å². The number of piperazine rings is 1. The number of hydrogen-bond acceptors (Lipinski definition) is 4. The monoisotopic (exact) mass is 344 g/mol. The molecule has 0 aromatic heterocycles. The molecular formula is C18H20N2O3S. The number of benzene rings is 2. The molecule has 0 N–H and O–H groups in total. The van der Waals surface area contributed by atoms with Crippen molar-refractivity contribution in [2.45, 2.75) is 17.4 Å². The Morgan fingerprint density at radius 2 is 1.79 bits per heavy atom. The van der Waals surface area contributed by atoms with Gasteiger partial charge in [0.2, 0.25) is 10.0 Å². The second-order valence-electron chi connectivity index (χ2n) is 6.22. The Labute approximate surface area is 142 Å². The van der Waals surface area contributed by atoms with Gasteiger partial charge >= 0.3 is 0 Å². The predicted molar refractivity (Wildman–Crippen MR) is 93.0 cm³/mol. The fourth-order valence-corrected chi connectivity index (χ4v) is 5.12. The second-order valence-corrected chi connectivity index (χ2v) is 8.16. The van der Waals surface area contributed by atoms with Gasteiger partial charge in [0, 0.05) is 31.4 Å². The Morgan fingerprint density at radius 1 is 1.04 bits per heavy atom. The van der Waals surface area contributed by atoms with Crippen LogP contribution in [0.2, 0.25) is 0 Å². The lowest BCUT2D eigenvalue weighted by molar-refractivity contribution is 0.339. The number of fused-ring (bicyclic) bond motifs is 3. The third-order valence-electron chi connectivity index (χ3n) is 4.90. The molecule has 6 heteroatoms.